The van der Waals surface area contributed by atoms with Crippen molar-refractivity contribution in [3.63, 3.8) is 0 Å². The van der Waals surface area contributed by atoms with Gasteiger partial charge in [0.1, 0.15) is 0 Å². The Morgan fingerprint density at radius 2 is 2.03 bits per heavy atom. The fourth-order valence-corrected chi connectivity index (χ4v) is 5.77. The molecule has 0 fully saturated rings. The van der Waals surface area contributed by atoms with Crippen LogP contribution in [0.5, 0.6) is 0 Å². The highest BCUT2D eigenvalue weighted by Crippen LogP contribution is 2.30. The maximum absolute atomic E-state index is 12.4. The van der Waals surface area contributed by atoms with Crippen molar-refractivity contribution in [2.24, 2.45) is 0 Å². The van der Waals surface area contributed by atoms with Crippen LogP contribution in [0.3, 0.4) is 0 Å². The molecule has 1 unspecified atom stereocenters. The lowest BCUT2D eigenvalue weighted by molar-refractivity contribution is -0.118. The number of nitrogens with zero attached hydrogens (tertiary/aromatic N) is 2. The molecule has 0 aliphatic rings. The van der Waals surface area contributed by atoms with Gasteiger partial charge in [-0.2, -0.15) is 0 Å². The Labute approximate surface area is 199 Å². The summed E-state index contributed by atoms with van der Waals surface area (Å²) in [5, 5.41) is 8.80. The van der Waals surface area contributed by atoms with Gasteiger partial charge in [0, 0.05) is 22.5 Å². The maximum atomic E-state index is 12.4. The number of carbonyl (C=O) groups is 1. The maximum Gasteiger partial charge on any atom is 0.230 e. The van der Waals surface area contributed by atoms with Gasteiger partial charge in [0.25, 0.3) is 0 Å². The van der Waals surface area contributed by atoms with Crippen LogP contribution in [0.15, 0.2) is 52.9 Å². The second-order valence-electron chi connectivity index (χ2n) is 6.63. The van der Waals surface area contributed by atoms with Gasteiger partial charge in [-0.25, -0.2) is 4.68 Å². The highest BCUT2D eigenvalue weighted by Gasteiger charge is 2.16. The SMILES string of the molecule is CCCC(CNC(=O)CSc1nn(-c2ccccc2)c(=S)s1)c1ccc(Cl)cc1Cl. The summed E-state index contributed by atoms with van der Waals surface area (Å²) in [4.78, 5) is 12.4. The first-order chi connectivity index (χ1) is 14.5. The van der Waals surface area contributed by atoms with Gasteiger partial charge in [0.05, 0.1) is 11.4 Å². The molecule has 0 spiro atoms. The van der Waals surface area contributed by atoms with Crippen LogP contribution >= 0.6 is 58.5 Å². The first-order valence-corrected chi connectivity index (χ1v) is 12.4. The number of halogens is 2. The van der Waals surface area contributed by atoms with Crippen molar-refractivity contribution in [3.05, 3.63) is 68.1 Å². The van der Waals surface area contributed by atoms with Crippen molar-refractivity contribution >= 4 is 64.4 Å². The van der Waals surface area contributed by atoms with E-state index in [1.807, 2.05) is 42.5 Å². The molecule has 0 aliphatic heterocycles. The third-order valence-electron chi connectivity index (χ3n) is 4.44. The van der Waals surface area contributed by atoms with Crippen molar-refractivity contribution < 1.29 is 4.79 Å². The Balaban J connectivity index is 1.57. The number of thioether (sulfide) groups is 1. The van der Waals surface area contributed by atoms with Gasteiger partial charge in [0.2, 0.25) is 5.91 Å². The smallest absolute Gasteiger partial charge is 0.230 e. The van der Waals surface area contributed by atoms with Crippen LogP contribution in [0.1, 0.15) is 31.2 Å². The van der Waals surface area contributed by atoms with Crippen molar-refractivity contribution in [2.45, 2.75) is 30.0 Å². The fourth-order valence-electron chi connectivity index (χ4n) is 3.02. The minimum Gasteiger partial charge on any atom is -0.355 e. The molecule has 0 aliphatic carbocycles. The molecule has 3 rings (SSSR count). The van der Waals surface area contributed by atoms with E-state index in [-0.39, 0.29) is 17.6 Å². The zero-order chi connectivity index (χ0) is 21.5. The number of hydrogen-bond donors (Lipinski definition) is 1. The van der Waals surface area contributed by atoms with Gasteiger partial charge in [-0.3, -0.25) is 4.79 Å². The van der Waals surface area contributed by atoms with E-state index in [0.29, 0.717) is 20.5 Å². The molecule has 1 heterocycles. The van der Waals surface area contributed by atoms with Gasteiger partial charge in [-0.15, -0.1) is 5.10 Å². The summed E-state index contributed by atoms with van der Waals surface area (Å²) >= 11 is 20.6. The minimum atomic E-state index is -0.0430. The van der Waals surface area contributed by atoms with E-state index in [4.69, 9.17) is 35.4 Å². The van der Waals surface area contributed by atoms with Crippen LogP contribution in [-0.4, -0.2) is 28.0 Å². The zero-order valence-corrected chi connectivity index (χ0v) is 20.3. The lowest BCUT2D eigenvalue weighted by Gasteiger charge is -2.19. The number of hydrogen-bond acceptors (Lipinski definition) is 5. The molecule has 3 aromatic rings. The highest BCUT2D eigenvalue weighted by atomic mass is 35.5. The molecule has 9 heteroatoms. The predicted molar refractivity (Wildman–Crippen MR) is 130 cm³/mol. The molecule has 1 amide bonds. The van der Waals surface area contributed by atoms with Crippen molar-refractivity contribution in [3.8, 4) is 5.69 Å². The fraction of sp³-hybridized carbons (Fsp3) is 0.286. The molecule has 1 N–H and O–H groups in total. The molecule has 0 bridgehead atoms. The van der Waals surface area contributed by atoms with E-state index in [1.165, 1.54) is 23.1 Å². The van der Waals surface area contributed by atoms with Crippen LogP contribution < -0.4 is 5.32 Å². The number of carbonyl (C=O) groups excluding carboxylic acids is 1. The Kier molecular flexibility index (Phi) is 8.77. The van der Waals surface area contributed by atoms with E-state index >= 15 is 0 Å². The lowest BCUT2D eigenvalue weighted by atomic mass is 9.94. The Hall–Kier alpha value is -1.38. The predicted octanol–water partition coefficient (Wildman–Crippen LogP) is 6.76. The molecular formula is C21H21Cl2N3OS3. The molecule has 4 nitrogen and oxygen atoms in total. The second-order valence-corrected chi connectivity index (χ2v) is 10.3. The Bertz CT molecular complexity index is 1050. The van der Waals surface area contributed by atoms with Crippen molar-refractivity contribution in [1.82, 2.24) is 15.1 Å². The topological polar surface area (TPSA) is 46.9 Å². The summed E-state index contributed by atoms with van der Waals surface area (Å²) in [7, 11) is 0. The molecule has 1 aromatic heterocycles. The highest BCUT2D eigenvalue weighted by molar-refractivity contribution is 8.01. The zero-order valence-electron chi connectivity index (χ0n) is 16.3. The third-order valence-corrected chi connectivity index (χ3v) is 7.37. The minimum absolute atomic E-state index is 0.0430. The summed E-state index contributed by atoms with van der Waals surface area (Å²) in [6, 6.07) is 15.2. The molecule has 1 atom stereocenters. The molecule has 30 heavy (non-hydrogen) atoms. The summed E-state index contributed by atoms with van der Waals surface area (Å²) in [6.45, 7) is 2.65. The van der Waals surface area contributed by atoms with Gasteiger partial charge in [-0.1, -0.05) is 83.9 Å². The van der Waals surface area contributed by atoms with Crippen LogP contribution in [0.4, 0.5) is 0 Å². The van der Waals surface area contributed by atoms with Crippen molar-refractivity contribution in [1.29, 1.82) is 0 Å². The average Bonchev–Trinajstić information content (AvgIpc) is 3.11. The number of rotatable bonds is 9. The molecule has 2 aromatic carbocycles. The summed E-state index contributed by atoms with van der Waals surface area (Å²) in [5.41, 5.74) is 1.92. The monoisotopic (exact) mass is 497 g/mol. The largest absolute Gasteiger partial charge is 0.355 e. The first-order valence-electron chi connectivity index (χ1n) is 9.48. The third kappa shape index (κ3) is 6.31. The standard InChI is InChI=1S/C21H21Cl2N3OS3/c1-2-6-14(17-10-9-15(22)11-18(17)23)12-24-19(27)13-29-20-25-26(21(28)30-20)16-7-4-3-5-8-16/h3-5,7-11,14H,2,6,12-13H2,1H3,(H,24,27). The van der Waals surface area contributed by atoms with E-state index in [2.05, 4.69) is 17.3 Å². The molecule has 0 saturated carbocycles. The van der Waals surface area contributed by atoms with E-state index < -0.39 is 0 Å². The lowest BCUT2D eigenvalue weighted by Crippen LogP contribution is -2.30. The number of nitrogens with one attached hydrogen (secondary N) is 1. The van der Waals surface area contributed by atoms with Crippen molar-refractivity contribution in [2.75, 3.05) is 12.3 Å². The molecular weight excluding hydrogens is 477 g/mol. The molecule has 158 valence electrons. The van der Waals surface area contributed by atoms with Gasteiger partial charge >= 0.3 is 0 Å². The van der Waals surface area contributed by atoms with E-state index in [9.17, 15) is 4.79 Å². The quantitative estimate of drug-likeness (QED) is 0.262. The number of aromatic nitrogens is 2. The van der Waals surface area contributed by atoms with Crippen LogP contribution in [0.25, 0.3) is 5.69 Å². The molecule has 0 radical (unpaired) electrons. The normalized spacial score (nSPS) is 12.0. The van der Waals surface area contributed by atoms with E-state index in [1.54, 1.807) is 10.7 Å². The van der Waals surface area contributed by atoms with Crippen LogP contribution in [0, 0.1) is 3.95 Å². The number of para-hydroxylation sites is 1. The average molecular weight is 499 g/mol. The van der Waals surface area contributed by atoms with Crippen LogP contribution in [-0.2, 0) is 4.79 Å². The number of benzene rings is 2. The first kappa shape index (κ1) is 23.3. The molecule has 0 saturated heterocycles. The van der Waals surface area contributed by atoms with E-state index in [0.717, 1.165) is 28.4 Å². The van der Waals surface area contributed by atoms with Crippen LogP contribution in [0.2, 0.25) is 10.0 Å². The van der Waals surface area contributed by atoms with Gasteiger partial charge in [0.15, 0.2) is 8.29 Å². The summed E-state index contributed by atoms with van der Waals surface area (Å²) < 4.78 is 3.15. The van der Waals surface area contributed by atoms with Gasteiger partial charge in [-0.05, 0) is 48.5 Å². The Morgan fingerprint density at radius 3 is 2.73 bits per heavy atom. The number of amides is 1. The van der Waals surface area contributed by atoms with Gasteiger partial charge < -0.3 is 5.32 Å². The summed E-state index contributed by atoms with van der Waals surface area (Å²) in [6.07, 6.45) is 1.92. The second kappa shape index (κ2) is 11.3. The summed E-state index contributed by atoms with van der Waals surface area (Å²) in [5.74, 6) is 0.385. The Morgan fingerprint density at radius 1 is 1.27 bits per heavy atom.